The summed E-state index contributed by atoms with van der Waals surface area (Å²) in [6.07, 6.45) is 2.14. The molecule has 0 aliphatic carbocycles. The van der Waals surface area contributed by atoms with Crippen molar-refractivity contribution in [2.75, 3.05) is 13.1 Å². The smallest absolute Gasteiger partial charge is 0.263 e. The lowest BCUT2D eigenvalue weighted by Gasteiger charge is -2.34. The zero-order valence-corrected chi connectivity index (χ0v) is 15.7. The van der Waals surface area contributed by atoms with Crippen molar-refractivity contribution in [2.24, 2.45) is 11.7 Å². The number of likely N-dealkylation sites (tertiary alicyclic amines) is 1. The second-order valence-corrected chi connectivity index (χ2v) is 8.13. The number of carbonyl (C=O) groups is 1. The van der Waals surface area contributed by atoms with Crippen LogP contribution in [0.15, 0.2) is 30.3 Å². The van der Waals surface area contributed by atoms with E-state index in [1.807, 2.05) is 49.1 Å². The highest BCUT2D eigenvalue weighted by Crippen LogP contribution is 2.34. The highest BCUT2D eigenvalue weighted by molar-refractivity contribution is 7.17. The fourth-order valence-electron chi connectivity index (χ4n) is 3.28. The van der Waals surface area contributed by atoms with Crippen molar-refractivity contribution in [1.82, 2.24) is 4.90 Å². The number of amides is 1. The van der Waals surface area contributed by atoms with Crippen molar-refractivity contribution in [3.63, 3.8) is 0 Å². The summed E-state index contributed by atoms with van der Waals surface area (Å²) in [6, 6.07) is 9.91. The Hall–Kier alpha value is -1.36. The number of halogens is 1. The summed E-state index contributed by atoms with van der Waals surface area (Å²) in [5, 5.41) is 0.712. The highest BCUT2D eigenvalue weighted by Gasteiger charge is 2.27. The number of benzene rings is 1. The Kier molecular flexibility index (Phi) is 5.28. The largest absolute Gasteiger partial charge is 0.338 e. The standard InChI is InChI=1S/C19H23ClN2OS/c1-12-9-17(24-18(12)14-5-3-7-16(20)10-14)19(23)22-8-4-6-15(11-22)13(2)21/h3,5,7,9-10,13,15H,4,6,8,11,21H2,1-2H3. The summed E-state index contributed by atoms with van der Waals surface area (Å²) in [5.74, 6) is 0.526. The van der Waals surface area contributed by atoms with Gasteiger partial charge in [-0.1, -0.05) is 23.7 Å². The van der Waals surface area contributed by atoms with Gasteiger partial charge in [-0.05, 0) is 61.9 Å². The monoisotopic (exact) mass is 362 g/mol. The zero-order valence-electron chi connectivity index (χ0n) is 14.1. The summed E-state index contributed by atoms with van der Waals surface area (Å²) in [4.78, 5) is 16.8. The first-order valence-electron chi connectivity index (χ1n) is 8.37. The SMILES string of the molecule is Cc1cc(C(=O)N2CCCC(C(C)N)C2)sc1-c1cccc(Cl)c1. The van der Waals surface area contributed by atoms with E-state index in [2.05, 4.69) is 0 Å². The van der Waals surface area contributed by atoms with Gasteiger partial charge in [-0.2, -0.15) is 0 Å². The minimum absolute atomic E-state index is 0.127. The number of hydrogen-bond acceptors (Lipinski definition) is 3. The van der Waals surface area contributed by atoms with Crippen LogP contribution in [0.2, 0.25) is 5.02 Å². The Morgan fingerprint density at radius 3 is 2.92 bits per heavy atom. The fraction of sp³-hybridized carbons (Fsp3) is 0.421. The van der Waals surface area contributed by atoms with Gasteiger partial charge in [0.2, 0.25) is 0 Å². The van der Waals surface area contributed by atoms with Crippen LogP contribution < -0.4 is 5.73 Å². The summed E-state index contributed by atoms with van der Waals surface area (Å²) in [5.41, 5.74) is 8.22. The number of hydrogen-bond donors (Lipinski definition) is 1. The van der Waals surface area contributed by atoms with Crippen molar-refractivity contribution in [2.45, 2.75) is 32.7 Å². The molecule has 1 saturated heterocycles. The third-order valence-corrected chi connectivity index (χ3v) is 6.21. The molecule has 0 bridgehead atoms. The first-order chi connectivity index (χ1) is 11.5. The molecule has 0 saturated carbocycles. The number of nitrogens with two attached hydrogens (primary N) is 1. The van der Waals surface area contributed by atoms with E-state index in [1.165, 1.54) is 0 Å². The van der Waals surface area contributed by atoms with E-state index in [9.17, 15) is 4.79 Å². The Labute approximate surface area is 152 Å². The maximum Gasteiger partial charge on any atom is 0.263 e. The van der Waals surface area contributed by atoms with Gasteiger partial charge < -0.3 is 10.6 Å². The van der Waals surface area contributed by atoms with Crippen LogP contribution in [0, 0.1) is 12.8 Å². The molecule has 1 aromatic carbocycles. The second-order valence-electron chi connectivity index (χ2n) is 6.65. The van der Waals surface area contributed by atoms with Crippen LogP contribution in [0.5, 0.6) is 0 Å². The molecule has 1 aliphatic rings. The predicted molar refractivity (Wildman–Crippen MR) is 102 cm³/mol. The normalized spacial score (nSPS) is 19.3. The van der Waals surface area contributed by atoms with Gasteiger partial charge in [0.05, 0.1) is 4.88 Å². The Bertz CT molecular complexity index is 741. The van der Waals surface area contributed by atoms with Crippen molar-refractivity contribution < 1.29 is 4.79 Å². The third-order valence-electron chi connectivity index (χ3n) is 4.70. The van der Waals surface area contributed by atoms with E-state index < -0.39 is 0 Å². The summed E-state index contributed by atoms with van der Waals surface area (Å²) < 4.78 is 0. The van der Waals surface area contributed by atoms with E-state index in [0.29, 0.717) is 10.9 Å². The minimum atomic E-state index is 0.127. The molecule has 2 atom stereocenters. The van der Waals surface area contributed by atoms with Gasteiger partial charge in [-0.15, -0.1) is 11.3 Å². The quantitative estimate of drug-likeness (QED) is 0.868. The number of piperidine rings is 1. The Morgan fingerprint density at radius 1 is 1.42 bits per heavy atom. The summed E-state index contributed by atoms with van der Waals surface area (Å²) in [6.45, 7) is 5.67. The van der Waals surface area contributed by atoms with E-state index >= 15 is 0 Å². The van der Waals surface area contributed by atoms with Gasteiger partial charge in [0.1, 0.15) is 0 Å². The summed E-state index contributed by atoms with van der Waals surface area (Å²) >= 11 is 7.65. The lowest BCUT2D eigenvalue weighted by atomic mass is 9.92. The van der Waals surface area contributed by atoms with E-state index in [4.69, 9.17) is 17.3 Å². The number of rotatable bonds is 3. The molecule has 1 amide bonds. The molecule has 2 aromatic rings. The Morgan fingerprint density at radius 2 is 2.21 bits per heavy atom. The topological polar surface area (TPSA) is 46.3 Å². The van der Waals surface area contributed by atoms with Crippen LogP contribution in [-0.2, 0) is 0 Å². The Balaban J connectivity index is 1.83. The second kappa shape index (κ2) is 7.26. The molecule has 5 heteroatoms. The molecule has 1 fully saturated rings. The van der Waals surface area contributed by atoms with Crippen LogP contribution in [-0.4, -0.2) is 29.9 Å². The van der Waals surface area contributed by atoms with Gasteiger partial charge in [0, 0.05) is 29.0 Å². The van der Waals surface area contributed by atoms with Crippen molar-refractivity contribution in [3.05, 3.63) is 45.8 Å². The number of carbonyl (C=O) groups excluding carboxylic acids is 1. The van der Waals surface area contributed by atoms with Gasteiger partial charge in [0.25, 0.3) is 5.91 Å². The molecule has 0 radical (unpaired) electrons. The first kappa shape index (κ1) is 17.5. The molecule has 2 heterocycles. The van der Waals surface area contributed by atoms with Gasteiger partial charge in [-0.25, -0.2) is 0 Å². The zero-order chi connectivity index (χ0) is 17.3. The van der Waals surface area contributed by atoms with Crippen LogP contribution in [0.4, 0.5) is 0 Å². The predicted octanol–water partition coefficient (Wildman–Crippen LogP) is 4.58. The fourth-order valence-corrected chi connectivity index (χ4v) is 4.61. The molecule has 3 nitrogen and oxygen atoms in total. The number of nitrogens with zero attached hydrogens (tertiary/aromatic N) is 1. The van der Waals surface area contributed by atoms with Gasteiger partial charge >= 0.3 is 0 Å². The number of thiophene rings is 1. The molecule has 2 N–H and O–H groups in total. The summed E-state index contributed by atoms with van der Waals surface area (Å²) in [7, 11) is 0. The first-order valence-corrected chi connectivity index (χ1v) is 9.56. The molecule has 24 heavy (non-hydrogen) atoms. The minimum Gasteiger partial charge on any atom is -0.338 e. The van der Waals surface area contributed by atoms with Crippen LogP contribution in [0.25, 0.3) is 10.4 Å². The van der Waals surface area contributed by atoms with Crippen LogP contribution >= 0.6 is 22.9 Å². The maximum atomic E-state index is 12.9. The maximum absolute atomic E-state index is 12.9. The molecular weight excluding hydrogens is 340 g/mol. The molecule has 1 aliphatic heterocycles. The third kappa shape index (κ3) is 3.66. The average molecular weight is 363 g/mol. The lowest BCUT2D eigenvalue weighted by molar-refractivity contribution is 0.0666. The van der Waals surface area contributed by atoms with E-state index in [-0.39, 0.29) is 11.9 Å². The number of aryl methyl sites for hydroxylation is 1. The average Bonchev–Trinajstić information content (AvgIpc) is 2.96. The molecule has 3 rings (SSSR count). The van der Waals surface area contributed by atoms with Crippen molar-refractivity contribution >= 4 is 28.8 Å². The molecule has 0 spiro atoms. The van der Waals surface area contributed by atoms with Crippen molar-refractivity contribution in [1.29, 1.82) is 0 Å². The van der Waals surface area contributed by atoms with Crippen LogP contribution in [0.3, 0.4) is 0 Å². The van der Waals surface area contributed by atoms with Gasteiger partial charge in [-0.3, -0.25) is 4.79 Å². The molecular formula is C19H23ClN2OS. The van der Waals surface area contributed by atoms with Crippen molar-refractivity contribution in [3.8, 4) is 10.4 Å². The molecule has 1 aromatic heterocycles. The van der Waals surface area contributed by atoms with Gasteiger partial charge in [0.15, 0.2) is 0 Å². The highest BCUT2D eigenvalue weighted by atomic mass is 35.5. The van der Waals surface area contributed by atoms with E-state index in [0.717, 1.165) is 46.8 Å². The molecule has 128 valence electrons. The van der Waals surface area contributed by atoms with Crippen LogP contribution in [0.1, 0.15) is 35.0 Å². The molecule has 2 unspecified atom stereocenters. The van der Waals surface area contributed by atoms with E-state index in [1.54, 1.807) is 11.3 Å². The lowest BCUT2D eigenvalue weighted by Crippen LogP contribution is -2.44.